The molecule has 0 saturated heterocycles. The van der Waals surface area contributed by atoms with Gasteiger partial charge in [-0.1, -0.05) is 47.7 Å². The van der Waals surface area contributed by atoms with Crippen molar-refractivity contribution in [1.29, 1.82) is 0 Å². The zero-order chi connectivity index (χ0) is 19.7. The molecular formula is C20H15N5O3. The molecule has 0 fully saturated rings. The molecule has 0 aliphatic carbocycles. The van der Waals surface area contributed by atoms with Crippen LogP contribution in [0.3, 0.4) is 0 Å². The van der Waals surface area contributed by atoms with Gasteiger partial charge in [-0.15, -0.1) is 5.10 Å². The monoisotopic (exact) mass is 373 g/mol. The Bertz CT molecular complexity index is 1210. The Kier molecular flexibility index (Phi) is 4.29. The van der Waals surface area contributed by atoms with E-state index in [1.807, 2.05) is 42.5 Å². The molecule has 0 atom stereocenters. The van der Waals surface area contributed by atoms with Gasteiger partial charge in [-0.05, 0) is 24.4 Å². The van der Waals surface area contributed by atoms with Crippen molar-refractivity contribution >= 4 is 28.1 Å². The third-order valence-electron chi connectivity index (χ3n) is 4.43. The minimum absolute atomic E-state index is 0.0610. The first-order valence-electron chi connectivity index (χ1n) is 8.51. The highest BCUT2D eigenvalue weighted by Gasteiger charge is 2.19. The summed E-state index contributed by atoms with van der Waals surface area (Å²) in [5, 5.41) is 23.8. The summed E-state index contributed by atoms with van der Waals surface area (Å²) in [7, 11) is 0. The summed E-state index contributed by atoms with van der Waals surface area (Å²) in [4.78, 5) is 23.3. The van der Waals surface area contributed by atoms with Gasteiger partial charge >= 0.3 is 0 Å². The lowest BCUT2D eigenvalue weighted by Gasteiger charge is -2.08. The molecule has 8 nitrogen and oxygen atoms in total. The number of nitrogens with one attached hydrogen (secondary N) is 1. The third kappa shape index (κ3) is 3.07. The first-order chi connectivity index (χ1) is 13.5. The molecule has 1 N–H and O–H groups in total. The summed E-state index contributed by atoms with van der Waals surface area (Å²) in [6.07, 6.45) is 0. The fourth-order valence-electron chi connectivity index (χ4n) is 3.04. The summed E-state index contributed by atoms with van der Waals surface area (Å²) < 4.78 is 1.41. The number of aromatic nitrogens is 3. The molecular weight excluding hydrogens is 358 g/mol. The number of carbonyl (C=O) groups is 1. The van der Waals surface area contributed by atoms with Gasteiger partial charge in [-0.3, -0.25) is 14.9 Å². The second-order valence-electron chi connectivity index (χ2n) is 6.19. The number of benzene rings is 3. The van der Waals surface area contributed by atoms with E-state index in [0.29, 0.717) is 17.1 Å². The fourth-order valence-corrected chi connectivity index (χ4v) is 3.04. The van der Waals surface area contributed by atoms with Crippen molar-refractivity contribution in [3.63, 3.8) is 0 Å². The van der Waals surface area contributed by atoms with E-state index in [-0.39, 0.29) is 11.4 Å². The van der Waals surface area contributed by atoms with Gasteiger partial charge < -0.3 is 5.32 Å². The first kappa shape index (κ1) is 17.3. The van der Waals surface area contributed by atoms with E-state index in [2.05, 4.69) is 15.6 Å². The van der Waals surface area contributed by atoms with E-state index in [9.17, 15) is 14.9 Å². The highest BCUT2D eigenvalue weighted by molar-refractivity contribution is 6.08. The van der Waals surface area contributed by atoms with Crippen LogP contribution in [0.4, 0.5) is 11.4 Å². The summed E-state index contributed by atoms with van der Waals surface area (Å²) in [5.41, 5.74) is 1.71. The van der Waals surface area contributed by atoms with Crippen LogP contribution in [-0.2, 0) is 0 Å². The molecule has 0 aliphatic rings. The zero-order valence-electron chi connectivity index (χ0n) is 14.9. The highest BCUT2D eigenvalue weighted by Crippen LogP contribution is 2.24. The third-order valence-corrected chi connectivity index (χ3v) is 4.43. The molecule has 3 aromatic carbocycles. The van der Waals surface area contributed by atoms with Crippen LogP contribution in [0.1, 0.15) is 16.2 Å². The van der Waals surface area contributed by atoms with E-state index in [4.69, 9.17) is 0 Å². The zero-order valence-corrected chi connectivity index (χ0v) is 14.9. The molecule has 1 amide bonds. The summed E-state index contributed by atoms with van der Waals surface area (Å²) in [6.45, 7) is 1.69. The smallest absolute Gasteiger partial charge is 0.278 e. The number of nitrogens with zero attached hydrogens (tertiary/aromatic N) is 4. The number of hydrogen-bond donors (Lipinski definition) is 1. The highest BCUT2D eigenvalue weighted by atomic mass is 16.6. The number of hydrogen-bond acceptors (Lipinski definition) is 5. The maximum absolute atomic E-state index is 12.8. The van der Waals surface area contributed by atoms with Gasteiger partial charge in [0.1, 0.15) is 0 Å². The molecule has 0 bridgehead atoms. The van der Waals surface area contributed by atoms with Crippen molar-refractivity contribution in [2.24, 2.45) is 0 Å². The molecule has 4 aromatic rings. The largest absolute Gasteiger partial charge is 0.320 e. The number of rotatable bonds is 4. The van der Waals surface area contributed by atoms with Crippen LogP contribution in [-0.4, -0.2) is 25.8 Å². The van der Waals surface area contributed by atoms with Crippen LogP contribution < -0.4 is 5.32 Å². The van der Waals surface area contributed by atoms with Crippen LogP contribution in [0.25, 0.3) is 16.5 Å². The number of nitro benzene ring substituents is 1. The number of carbonyl (C=O) groups excluding carboxylic acids is 1. The Morgan fingerprint density at radius 2 is 1.82 bits per heavy atom. The van der Waals surface area contributed by atoms with Gasteiger partial charge in [-0.25, -0.2) is 4.68 Å². The Morgan fingerprint density at radius 3 is 2.64 bits per heavy atom. The van der Waals surface area contributed by atoms with Crippen molar-refractivity contribution in [2.45, 2.75) is 6.92 Å². The molecule has 1 heterocycles. The van der Waals surface area contributed by atoms with Gasteiger partial charge in [0, 0.05) is 23.2 Å². The SMILES string of the molecule is Cc1c(C(=O)Nc2cccc3ccccc23)nnn1-c1cccc([N+](=O)[O-])c1. The standard InChI is InChI=1S/C20H15N5O3/c1-13-19(22-23-24(13)15-8-5-9-16(12-15)25(27)28)20(26)21-18-11-4-7-14-6-2-3-10-17(14)18/h2-12H,1H3,(H,21,26). The normalized spacial score (nSPS) is 10.8. The molecule has 0 unspecified atom stereocenters. The Hall–Kier alpha value is -4.07. The van der Waals surface area contributed by atoms with E-state index in [1.54, 1.807) is 19.1 Å². The van der Waals surface area contributed by atoms with Crippen LogP contribution >= 0.6 is 0 Å². The topological polar surface area (TPSA) is 103 Å². The van der Waals surface area contributed by atoms with E-state index in [0.717, 1.165) is 10.8 Å². The Labute approximate surface area is 159 Å². The van der Waals surface area contributed by atoms with Gasteiger partial charge in [0.25, 0.3) is 11.6 Å². The van der Waals surface area contributed by atoms with Crippen LogP contribution in [0.5, 0.6) is 0 Å². The van der Waals surface area contributed by atoms with Gasteiger partial charge in [-0.2, -0.15) is 0 Å². The van der Waals surface area contributed by atoms with Gasteiger partial charge in [0.2, 0.25) is 0 Å². The number of anilines is 1. The van der Waals surface area contributed by atoms with Gasteiger partial charge in [0.05, 0.1) is 16.3 Å². The number of non-ortho nitro benzene ring substituents is 1. The molecule has 8 heteroatoms. The second-order valence-corrected chi connectivity index (χ2v) is 6.19. The Morgan fingerprint density at radius 1 is 1.07 bits per heavy atom. The molecule has 138 valence electrons. The number of amides is 1. The summed E-state index contributed by atoms with van der Waals surface area (Å²) in [6, 6.07) is 19.4. The lowest BCUT2D eigenvalue weighted by molar-refractivity contribution is -0.384. The minimum atomic E-state index is -0.482. The van der Waals surface area contributed by atoms with Crippen molar-refractivity contribution < 1.29 is 9.72 Å². The summed E-state index contributed by atoms with van der Waals surface area (Å²) in [5.74, 6) is -0.398. The fraction of sp³-hybridized carbons (Fsp3) is 0.0500. The van der Waals surface area contributed by atoms with E-state index >= 15 is 0 Å². The molecule has 0 radical (unpaired) electrons. The molecule has 28 heavy (non-hydrogen) atoms. The van der Waals surface area contributed by atoms with Crippen molar-refractivity contribution in [3.05, 3.63) is 88.2 Å². The summed E-state index contributed by atoms with van der Waals surface area (Å²) >= 11 is 0. The molecule has 0 saturated carbocycles. The molecule has 0 spiro atoms. The average molecular weight is 373 g/mol. The Balaban J connectivity index is 1.66. The quantitative estimate of drug-likeness (QED) is 0.432. The van der Waals surface area contributed by atoms with Crippen LogP contribution in [0.15, 0.2) is 66.7 Å². The molecule has 0 aliphatic heterocycles. The van der Waals surface area contributed by atoms with Gasteiger partial charge in [0.15, 0.2) is 5.69 Å². The van der Waals surface area contributed by atoms with Crippen molar-refractivity contribution in [1.82, 2.24) is 15.0 Å². The van der Waals surface area contributed by atoms with Crippen LogP contribution in [0.2, 0.25) is 0 Å². The predicted octanol–water partition coefficient (Wildman–Crippen LogP) is 3.89. The molecule has 4 rings (SSSR count). The maximum Gasteiger partial charge on any atom is 0.278 e. The first-order valence-corrected chi connectivity index (χ1v) is 8.51. The number of nitro groups is 1. The second kappa shape index (κ2) is 6.92. The van der Waals surface area contributed by atoms with E-state index in [1.165, 1.54) is 16.8 Å². The average Bonchev–Trinajstić information content (AvgIpc) is 3.10. The maximum atomic E-state index is 12.8. The lowest BCUT2D eigenvalue weighted by Crippen LogP contribution is -2.14. The van der Waals surface area contributed by atoms with Crippen molar-refractivity contribution in [3.8, 4) is 5.69 Å². The van der Waals surface area contributed by atoms with Crippen molar-refractivity contribution in [2.75, 3.05) is 5.32 Å². The van der Waals surface area contributed by atoms with Crippen LogP contribution in [0, 0.1) is 17.0 Å². The number of fused-ring (bicyclic) bond motifs is 1. The minimum Gasteiger partial charge on any atom is -0.320 e. The molecule has 1 aromatic heterocycles. The lowest BCUT2D eigenvalue weighted by atomic mass is 10.1. The predicted molar refractivity (Wildman–Crippen MR) is 105 cm³/mol. The van der Waals surface area contributed by atoms with E-state index < -0.39 is 10.8 Å².